The van der Waals surface area contributed by atoms with Crippen LogP contribution >= 0.6 is 0 Å². The monoisotopic (exact) mass is 238 g/mol. The van der Waals surface area contributed by atoms with E-state index >= 15 is 0 Å². The summed E-state index contributed by atoms with van der Waals surface area (Å²) in [7, 11) is 1.99. The fourth-order valence-corrected chi connectivity index (χ4v) is 2.39. The lowest BCUT2D eigenvalue weighted by Gasteiger charge is -2.34. The molecule has 1 aromatic rings. The molecule has 1 unspecified atom stereocenters. The highest BCUT2D eigenvalue weighted by Gasteiger charge is 2.21. The zero-order chi connectivity index (χ0) is 12.8. The van der Waals surface area contributed by atoms with Crippen LogP contribution < -0.4 is 10.6 Å². The normalized spacial score (nSPS) is 12.8. The van der Waals surface area contributed by atoms with Crippen molar-refractivity contribution in [3.05, 3.63) is 30.1 Å². The molecule has 0 aliphatic carbocycles. The number of nitrogens with zero attached hydrogens (tertiary/aromatic N) is 1. The number of anilines is 1. The van der Waals surface area contributed by atoms with E-state index in [-0.39, 0.29) is 11.9 Å². The van der Waals surface area contributed by atoms with Gasteiger partial charge in [0.25, 0.3) is 0 Å². The Morgan fingerprint density at radius 2 is 1.94 bits per heavy atom. The van der Waals surface area contributed by atoms with Crippen molar-refractivity contribution < 1.29 is 4.39 Å². The van der Waals surface area contributed by atoms with Crippen molar-refractivity contribution in [2.45, 2.75) is 32.7 Å². The standard InChI is InChI=1S/C14H23FN2/c1-4-11(5-2)14(10-16)17(3)13-8-6-7-12(15)9-13/h6-9,11,14H,4-5,10,16H2,1-3H3. The molecule has 17 heavy (non-hydrogen) atoms. The van der Waals surface area contributed by atoms with Gasteiger partial charge in [0.2, 0.25) is 0 Å². The van der Waals surface area contributed by atoms with Crippen LogP contribution in [-0.4, -0.2) is 19.6 Å². The summed E-state index contributed by atoms with van der Waals surface area (Å²) in [6.07, 6.45) is 2.19. The number of hydrogen-bond donors (Lipinski definition) is 1. The molecule has 0 amide bonds. The van der Waals surface area contributed by atoms with Crippen LogP contribution in [0.2, 0.25) is 0 Å². The second-order valence-corrected chi connectivity index (χ2v) is 4.47. The Labute approximate surface area is 104 Å². The molecule has 0 aliphatic rings. The van der Waals surface area contributed by atoms with Crippen molar-refractivity contribution in [2.75, 3.05) is 18.5 Å². The van der Waals surface area contributed by atoms with Crippen LogP contribution in [0.25, 0.3) is 0 Å². The van der Waals surface area contributed by atoms with Crippen molar-refractivity contribution in [3.63, 3.8) is 0 Å². The highest BCUT2D eigenvalue weighted by molar-refractivity contribution is 5.46. The molecule has 0 bridgehead atoms. The molecule has 0 radical (unpaired) electrons. The van der Waals surface area contributed by atoms with E-state index in [0.29, 0.717) is 12.5 Å². The topological polar surface area (TPSA) is 29.3 Å². The van der Waals surface area contributed by atoms with E-state index in [1.807, 2.05) is 13.1 Å². The van der Waals surface area contributed by atoms with E-state index in [9.17, 15) is 4.39 Å². The summed E-state index contributed by atoms with van der Waals surface area (Å²) in [4.78, 5) is 2.10. The van der Waals surface area contributed by atoms with Gasteiger partial charge < -0.3 is 10.6 Å². The summed E-state index contributed by atoms with van der Waals surface area (Å²) in [6.45, 7) is 4.95. The first-order valence-electron chi connectivity index (χ1n) is 6.32. The molecule has 0 fully saturated rings. The lowest BCUT2D eigenvalue weighted by molar-refractivity contribution is 0.388. The summed E-state index contributed by atoms with van der Waals surface area (Å²) in [6, 6.07) is 6.96. The molecule has 1 atom stereocenters. The van der Waals surface area contributed by atoms with Gasteiger partial charge in [-0.2, -0.15) is 0 Å². The van der Waals surface area contributed by atoms with E-state index < -0.39 is 0 Å². The molecule has 0 saturated carbocycles. The van der Waals surface area contributed by atoms with Crippen molar-refractivity contribution in [1.29, 1.82) is 0 Å². The maximum absolute atomic E-state index is 13.2. The van der Waals surface area contributed by atoms with Crippen molar-refractivity contribution in [3.8, 4) is 0 Å². The summed E-state index contributed by atoms with van der Waals surface area (Å²) in [5.74, 6) is 0.350. The third kappa shape index (κ3) is 3.43. The minimum atomic E-state index is -0.199. The van der Waals surface area contributed by atoms with Gasteiger partial charge in [0.1, 0.15) is 5.82 Å². The smallest absolute Gasteiger partial charge is 0.125 e. The molecule has 2 nitrogen and oxygen atoms in total. The lowest BCUT2D eigenvalue weighted by atomic mass is 9.93. The van der Waals surface area contributed by atoms with Crippen LogP contribution in [-0.2, 0) is 0 Å². The Hall–Kier alpha value is -1.09. The van der Waals surface area contributed by atoms with Gasteiger partial charge in [-0.05, 0) is 24.1 Å². The zero-order valence-electron chi connectivity index (χ0n) is 11.0. The number of likely N-dealkylation sites (N-methyl/N-ethyl adjacent to an activating group) is 1. The predicted octanol–water partition coefficient (Wildman–Crippen LogP) is 3.03. The maximum Gasteiger partial charge on any atom is 0.125 e. The van der Waals surface area contributed by atoms with Gasteiger partial charge in [0.15, 0.2) is 0 Å². The Bertz CT molecular complexity index is 337. The Balaban J connectivity index is 2.88. The summed E-state index contributed by atoms with van der Waals surface area (Å²) < 4.78 is 13.2. The lowest BCUT2D eigenvalue weighted by Crippen LogP contribution is -2.43. The van der Waals surface area contributed by atoms with Gasteiger partial charge >= 0.3 is 0 Å². The second kappa shape index (κ2) is 6.60. The molecule has 2 N–H and O–H groups in total. The molecule has 0 aliphatic heterocycles. The van der Waals surface area contributed by atoms with Crippen LogP contribution in [0.1, 0.15) is 26.7 Å². The molecule has 96 valence electrons. The van der Waals surface area contributed by atoms with Gasteiger partial charge in [-0.25, -0.2) is 4.39 Å². The Morgan fingerprint density at radius 3 is 2.41 bits per heavy atom. The molecule has 1 aromatic carbocycles. The number of hydrogen-bond acceptors (Lipinski definition) is 2. The number of halogens is 1. The van der Waals surface area contributed by atoms with Crippen LogP contribution in [0.4, 0.5) is 10.1 Å². The third-order valence-corrected chi connectivity index (χ3v) is 3.55. The average molecular weight is 238 g/mol. The largest absolute Gasteiger partial charge is 0.370 e. The van der Waals surface area contributed by atoms with E-state index in [1.165, 1.54) is 6.07 Å². The first-order valence-corrected chi connectivity index (χ1v) is 6.32. The molecule has 0 spiro atoms. The fourth-order valence-electron chi connectivity index (χ4n) is 2.39. The molecule has 0 aromatic heterocycles. The van der Waals surface area contributed by atoms with Gasteiger partial charge in [0.05, 0.1) is 0 Å². The Morgan fingerprint density at radius 1 is 1.29 bits per heavy atom. The van der Waals surface area contributed by atoms with Crippen molar-refractivity contribution in [2.24, 2.45) is 11.7 Å². The number of benzene rings is 1. The quantitative estimate of drug-likeness (QED) is 0.825. The van der Waals surface area contributed by atoms with Gasteiger partial charge in [-0.15, -0.1) is 0 Å². The molecule has 0 heterocycles. The summed E-state index contributed by atoms with van der Waals surface area (Å²) in [5, 5.41) is 0. The van der Waals surface area contributed by atoms with Crippen molar-refractivity contribution in [1.82, 2.24) is 0 Å². The molecular weight excluding hydrogens is 215 g/mol. The SMILES string of the molecule is CCC(CC)C(CN)N(C)c1cccc(F)c1. The summed E-state index contributed by atoms with van der Waals surface area (Å²) >= 11 is 0. The predicted molar refractivity (Wildman–Crippen MR) is 71.7 cm³/mol. The van der Waals surface area contributed by atoms with Gasteiger partial charge in [-0.3, -0.25) is 0 Å². The maximum atomic E-state index is 13.2. The first-order chi connectivity index (χ1) is 8.13. The van der Waals surface area contributed by atoms with Crippen molar-refractivity contribution >= 4 is 5.69 Å². The number of rotatable bonds is 6. The highest BCUT2D eigenvalue weighted by atomic mass is 19.1. The van der Waals surface area contributed by atoms with Crippen LogP contribution in [0.5, 0.6) is 0 Å². The third-order valence-electron chi connectivity index (χ3n) is 3.55. The molecule has 3 heteroatoms. The fraction of sp³-hybridized carbons (Fsp3) is 0.571. The Kier molecular flexibility index (Phi) is 5.42. The highest BCUT2D eigenvalue weighted by Crippen LogP contribution is 2.23. The zero-order valence-corrected chi connectivity index (χ0v) is 11.0. The average Bonchev–Trinajstić information content (AvgIpc) is 2.35. The molecule has 1 rings (SSSR count). The van der Waals surface area contributed by atoms with Gasteiger partial charge in [0, 0.05) is 25.3 Å². The first kappa shape index (κ1) is 14.0. The second-order valence-electron chi connectivity index (χ2n) is 4.47. The minimum Gasteiger partial charge on any atom is -0.370 e. The molecule has 0 saturated heterocycles. The van der Waals surface area contributed by atoms with E-state index in [4.69, 9.17) is 5.73 Å². The molecular formula is C14H23FN2. The van der Waals surface area contributed by atoms with Crippen LogP contribution in [0.15, 0.2) is 24.3 Å². The number of nitrogens with two attached hydrogens (primary N) is 1. The van der Waals surface area contributed by atoms with E-state index in [0.717, 1.165) is 18.5 Å². The van der Waals surface area contributed by atoms with E-state index in [1.54, 1.807) is 12.1 Å². The van der Waals surface area contributed by atoms with E-state index in [2.05, 4.69) is 18.7 Å². The van der Waals surface area contributed by atoms with Gasteiger partial charge in [-0.1, -0.05) is 32.8 Å². The van der Waals surface area contributed by atoms with Crippen LogP contribution in [0.3, 0.4) is 0 Å². The van der Waals surface area contributed by atoms with Crippen LogP contribution in [0, 0.1) is 11.7 Å². The minimum absolute atomic E-state index is 0.199. The summed E-state index contributed by atoms with van der Waals surface area (Å²) in [5.41, 5.74) is 6.76.